The second-order valence-electron chi connectivity index (χ2n) is 7.65. The Morgan fingerprint density at radius 1 is 1.32 bits per heavy atom. The van der Waals surface area contributed by atoms with Gasteiger partial charge in [-0.15, -0.1) is 0 Å². The molecule has 0 unspecified atom stereocenters. The zero-order valence-corrected chi connectivity index (χ0v) is 15.9. The molecular weight excluding hydrogens is 316 g/mol. The number of hydrogen-bond acceptors (Lipinski definition) is 3. The Hall–Kier alpha value is -1.56. The number of carbonyl (C=O) groups excluding carboxylic acids is 1. The number of amides is 2. The van der Waals surface area contributed by atoms with Gasteiger partial charge in [-0.2, -0.15) is 5.10 Å². The molecular formula is C19H32N4O2. The van der Waals surface area contributed by atoms with E-state index >= 15 is 0 Å². The molecule has 0 aliphatic carbocycles. The Morgan fingerprint density at radius 2 is 2.04 bits per heavy atom. The van der Waals surface area contributed by atoms with Crippen LogP contribution < -0.4 is 5.32 Å². The highest BCUT2D eigenvalue weighted by Crippen LogP contribution is 2.39. The third-order valence-electron chi connectivity index (χ3n) is 5.88. The van der Waals surface area contributed by atoms with E-state index in [-0.39, 0.29) is 11.4 Å². The average molecular weight is 348 g/mol. The molecule has 1 N–H and O–H groups in total. The van der Waals surface area contributed by atoms with Crippen molar-refractivity contribution in [3.05, 3.63) is 11.8 Å². The van der Waals surface area contributed by atoms with Crippen LogP contribution in [0.25, 0.3) is 0 Å². The average Bonchev–Trinajstić information content (AvgIpc) is 2.97. The van der Waals surface area contributed by atoms with E-state index in [0.29, 0.717) is 6.04 Å². The maximum Gasteiger partial charge on any atom is 0.323 e. The summed E-state index contributed by atoms with van der Waals surface area (Å²) in [5, 5.41) is 7.73. The van der Waals surface area contributed by atoms with E-state index in [9.17, 15) is 4.79 Å². The first-order chi connectivity index (χ1) is 12.1. The van der Waals surface area contributed by atoms with Crippen molar-refractivity contribution in [1.29, 1.82) is 0 Å². The summed E-state index contributed by atoms with van der Waals surface area (Å²) in [5.74, 6) is 0.822. The molecule has 1 aromatic heterocycles. The van der Waals surface area contributed by atoms with Gasteiger partial charge >= 0.3 is 6.03 Å². The predicted molar refractivity (Wildman–Crippen MR) is 98.9 cm³/mol. The van der Waals surface area contributed by atoms with Crippen molar-refractivity contribution in [2.45, 2.75) is 65.3 Å². The van der Waals surface area contributed by atoms with Gasteiger partial charge in [0.15, 0.2) is 0 Å². The van der Waals surface area contributed by atoms with Crippen LogP contribution >= 0.6 is 0 Å². The molecule has 0 aromatic carbocycles. The van der Waals surface area contributed by atoms with Gasteiger partial charge in [-0.25, -0.2) is 9.48 Å². The summed E-state index contributed by atoms with van der Waals surface area (Å²) < 4.78 is 7.51. The van der Waals surface area contributed by atoms with Crippen LogP contribution in [0.4, 0.5) is 10.6 Å². The van der Waals surface area contributed by atoms with Gasteiger partial charge in [0, 0.05) is 32.4 Å². The molecule has 1 aromatic rings. The van der Waals surface area contributed by atoms with Gasteiger partial charge in [-0.1, -0.05) is 13.8 Å². The normalized spacial score (nSPS) is 20.2. The number of nitrogens with one attached hydrogen (secondary N) is 1. The van der Waals surface area contributed by atoms with Gasteiger partial charge < -0.3 is 9.64 Å². The first-order valence-electron chi connectivity index (χ1n) is 9.77. The summed E-state index contributed by atoms with van der Waals surface area (Å²) in [6, 6.07) is 2.31. The highest BCUT2D eigenvalue weighted by Gasteiger charge is 2.38. The summed E-state index contributed by atoms with van der Waals surface area (Å²) in [6.07, 6.45) is 6.45. The van der Waals surface area contributed by atoms with Gasteiger partial charge in [0.25, 0.3) is 0 Å². The third kappa shape index (κ3) is 4.00. The number of anilines is 1. The summed E-state index contributed by atoms with van der Waals surface area (Å²) in [6.45, 7) is 9.65. The minimum absolute atomic E-state index is 0.0117. The fraction of sp³-hybridized carbons (Fsp3) is 0.789. The molecule has 25 heavy (non-hydrogen) atoms. The van der Waals surface area contributed by atoms with Gasteiger partial charge in [0.05, 0.1) is 11.7 Å². The number of likely N-dealkylation sites (tertiary alicyclic amines) is 1. The number of piperidine rings is 1. The van der Waals surface area contributed by atoms with Gasteiger partial charge in [-0.3, -0.25) is 5.32 Å². The molecule has 1 spiro atoms. The van der Waals surface area contributed by atoms with E-state index in [1.807, 2.05) is 22.6 Å². The molecule has 2 amide bonds. The quantitative estimate of drug-likeness (QED) is 0.895. The van der Waals surface area contributed by atoms with Crippen LogP contribution in [0.15, 0.2) is 6.07 Å². The lowest BCUT2D eigenvalue weighted by molar-refractivity contribution is -0.0175. The van der Waals surface area contributed by atoms with E-state index in [1.54, 1.807) is 0 Å². The third-order valence-corrected chi connectivity index (χ3v) is 5.88. The van der Waals surface area contributed by atoms with E-state index in [2.05, 4.69) is 24.3 Å². The molecule has 2 fully saturated rings. The van der Waals surface area contributed by atoms with Crippen molar-refractivity contribution in [3.63, 3.8) is 0 Å². The molecule has 2 aliphatic rings. The van der Waals surface area contributed by atoms with Crippen LogP contribution in [0.1, 0.15) is 64.1 Å². The number of aromatic nitrogens is 2. The lowest BCUT2D eigenvalue weighted by Crippen LogP contribution is -2.49. The molecule has 140 valence electrons. The Kier molecular flexibility index (Phi) is 5.67. The summed E-state index contributed by atoms with van der Waals surface area (Å²) >= 11 is 0. The maximum atomic E-state index is 12.9. The molecule has 0 saturated carbocycles. The smallest absolute Gasteiger partial charge is 0.323 e. The number of carbonyl (C=O) groups is 1. The number of urea groups is 1. The second kappa shape index (κ2) is 7.77. The summed E-state index contributed by atoms with van der Waals surface area (Å²) in [7, 11) is 0. The molecule has 3 rings (SSSR count). The number of nitrogens with zero attached hydrogens (tertiary/aromatic N) is 3. The maximum absolute atomic E-state index is 12.9. The zero-order chi connectivity index (χ0) is 17.9. The van der Waals surface area contributed by atoms with Crippen molar-refractivity contribution in [2.75, 3.05) is 31.6 Å². The molecule has 0 atom stereocenters. The molecule has 2 saturated heterocycles. The van der Waals surface area contributed by atoms with E-state index in [4.69, 9.17) is 4.74 Å². The monoisotopic (exact) mass is 348 g/mol. The molecule has 0 bridgehead atoms. The Balaban J connectivity index is 1.70. The number of rotatable bonds is 4. The van der Waals surface area contributed by atoms with Crippen molar-refractivity contribution in [2.24, 2.45) is 5.41 Å². The van der Waals surface area contributed by atoms with Crippen molar-refractivity contribution in [1.82, 2.24) is 14.7 Å². The van der Waals surface area contributed by atoms with Gasteiger partial charge in [-0.05, 0) is 50.9 Å². The summed E-state index contributed by atoms with van der Waals surface area (Å²) in [4.78, 5) is 14.9. The van der Waals surface area contributed by atoms with Crippen LogP contribution in [0.5, 0.6) is 0 Å². The van der Waals surface area contributed by atoms with Crippen LogP contribution in [0, 0.1) is 12.3 Å². The van der Waals surface area contributed by atoms with Crippen molar-refractivity contribution < 1.29 is 9.53 Å². The Bertz CT molecular complexity index is 583. The van der Waals surface area contributed by atoms with Crippen molar-refractivity contribution in [3.8, 4) is 0 Å². The Labute approximate surface area is 150 Å². The predicted octanol–water partition coefficient (Wildman–Crippen LogP) is 3.98. The number of hydrogen-bond donors (Lipinski definition) is 1. The standard InChI is InChI=1S/C19H32N4O2/c1-4-16(5-2)23-17(13-15(3)21-23)20-18(24)22-10-6-7-19(14-22)8-11-25-12-9-19/h13,16H,4-12,14H2,1-3H3,(H,20,24). The molecule has 0 radical (unpaired) electrons. The van der Waals surface area contributed by atoms with E-state index in [1.165, 1.54) is 6.42 Å². The minimum atomic E-state index is 0.0117. The first-order valence-corrected chi connectivity index (χ1v) is 9.77. The zero-order valence-electron chi connectivity index (χ0n) is 15.9. The minimum Gasteiger partial charge on any atom is -0.381 e. The van der Waals surface area contributed by atoms with E-state index in [0.717, 1.165) is 69.9 Å². The number of ether oxygens (including phenoxy) is 1. The topological polar surface area (TPSA) is 59.4 Å². The lowest BCUT2D eigenvalue weighted by Gasteiger charge is -2.45. The first kappa shape index (κ1) is 18.2. The van der Waals surface area contributed by atoms with Crippen LogP contribution in [-0.4, -0.2) is 47.0 Å². The largest absolute Gasteiger partial charge is 0.381 e. The van der Waals surface area contributed by atoms with Gasteiger partial charge in [0.2, 0.25) is 0 Å². The van der Waals surface area contributed by atoms with Crippen molar-refractivity contribution >= 4 is 11.8 Å². The lowest BCUT2D eigenvalue weighted by atomic mass is 9.74. The highest BCUT2D eigenvalue weighted by atomic mass is 16.5. The second-order valence-corrected chi connectivity index (χ2v) is 7.65. The summed E-state index contributed by atoms with van der Waals surface area (Å²) in [5.41, 5.74) is 1.21. The SMILES string of the molecule is CCC(CC)n1nc(C)cc1NC(=O)N1CCCC2(CCOCC2)C1. The molecule has 2 aliphatic heterocycles. The fourth-order valence-electron chi connectivity index (χ4n) is 4.31. The molecule has 6 heteroatoms. The Morgan fingerprint density at radius 3 is 2.72 bits per heavy atom. The van der Waals surface area contributed by atoms with Crippen LogP contribution in [0.2, 0.25) is 0 Å². The number of aryl methyl sites for hydroxylation is 1. The molecule has 3 heterocycles. The van der Waals surface area contributed by atoms with Crippen LogP contribution in [-0.2, 0) is 4.74 Å². The fourth-order valence-corrected chi connectivity index (χ4v) is 4.31. The van der Waals surface area contributed by atoms with Gasteiger partial charge in [0.1, 0.15) is 5.82 Å². The highest BCUT2D eigenvalue weighted by molar-refractivity contribution is 5.88. The van der Waals surface area contributed by atoms with E-state index < -0.39 is 0 Å². The molecule has 6 nitrogen and oxygen atoms in total. The van der Waals surface area contributed by atoms with Crippen LogP contribution in [0.3, 0.4) is 0 Å².